The third-order valence-corrected chi connectivity index (χ3v) is 3.40. The molecule has 0 amide bonds. The number of rotatable bonds is 1. The first-order valence-corrected chi connectivity index (χ1v) is 7.02. The molecule has 2 aromatic rings. The Morgan fingerprint density at radius 1 is 0.636 bits per heavy atom. The van der Waals surface area contributed by atoms with Crippen LogP contribution in [0.25, 0.3) is 0 Å². The molecular formula is C20H18O2. The van der Waals surface area contributed by atoms with E-state index in [0.29, 0.717) is 0 Å². The van der Waals surface area contributed by atoms with Crippen LogP contribution in [0.3, 0.4) is 0 Å². The van der Waals surface area contributed by atoms with Crippen LogP contribution in [0.2, 0.25) is 0 Å². The standard InChI is InChI=1S/C20H18O2/c1-19(21,15-13-17-9-5-3-6-10-17)20(2,22)16-14-18-11-7-4-8-12-18/h3-12,21-22H,1-2H3/t19-,20-/m1/s1. The van der Waals surface area contributed by atoms with Gasteiger partial charge in [0, 0.05) is 11.1 Å². The molecule has 2 atom stereocenters. The van der Waals surface area contributed by atoms with Gasteiger partial charge in [-0.15, -0.1) is 0 Å². The summed E-state index contributed by atoms with van der Waals surface area (Å²) in [6.07, 6.45) is 0. The van der Waals surface area contributed by atoms with Gasteiger partial charge in [-0.25, -0.2) is 0 Å². The van der Waals surface area contributed by atoms with E-state index >= 15 is 0 Å². The number of aliphatic hydroxyl groups is 2. The zero-order valence-electron chi connectivity index (χ0n) is 12.7. The van der Waals surface area contributed by atoms with Crippen molar-refractivity contribution in [1.82, 2.24) is 0 Å². The molecule has 2 aromatic carbocycles. The van der Waals surface area contributed by atoms with Gasteiger partial charge in [0.1, 0.15) is 0 Å². The average molecular weight is 290 g/mol. The van der Waals surface area contributed by atoms with Crippen LogP contribution >= 0.6 is 0 Å². The Morgan fingerprint density at radius 3 is 1.27 bits per heavy atom. The largest absolute Gasteiger partial charge is 0.374 e. The maximum atomic E-state index is 10.5. The van der Waals surface area contributed by atoms with Gasteiger partial charge in [-0.2, -0.15) is 0 Å². The number of hydrogen-bond acceptors (Lipinski definition) is 2. The molecule has 0 aromatic heterocycles. The van der Waals surface area contributed by atoms with Crippen LogP contribution in [0.1, 0.15) is 25.0 Å². The highest BCUT2D eigenvalue weighted by Crippen LogP contribution is 2.21. The van der Waals surface area contributed by atoms with Crippen LogP contribution in [0.5, 0.6) is 0 Å². The van der Waals surface area contributed by atoms with Gasteiger partial charge in [0.05, 0.1) is 0 Å². The third-order valence-electron chi connectivity index (χ3n) is 3.40. The van der Waals surface area contributed by atoms with Crippen LogP contribution in [-0.2, 0) is 0 Å². The zero-order valence-corrected chi connectivity index (χ0v) is 12.7. The first kappa shape index (κ1) is 15.9. The van der Waals surface area contributed by atoms with Crippen molar-refractivity contribution in [2.24, 2.45) is 0 Å². The molecule has 0 aliphatic carbocycles. The fourth-order valence-electron chi connectivity index (χ4n) is 1.67. The summed E-state index contributed by atoms with van der Waals surface area (Å²) in [6, 6.07) is 18.6. The van der Waals surface area contributed by atoms with Crippen LogP contribution in [0, 0.1) is 23.7 Å². The maximum Gasteiger partial charge on any atom is 0.162 e. The first-order chi connectivity index (χ1) is 10.4. The summed E-state index contributed by atoms with van der Waals surface area (Å²) in [5.41, 5.74) is -1.75. The van der Waals surface area contributed by atoms with Crippen molar-refractivity contribution in [2.75, 3.05) is 0 Å². The van der Waals surface area contributed by atoms with Crippen molar-refractivity contribution in [3.8, 4) is 23.7 Å². The quantitative estimate of drug-likeness (QED) is 0.793. The van der Waals surface area contributed by atoms with Gasteiger partial charge in [-0.05, 0) is 38.1 Å². The minimum absolute atomic E-state index is 0.773. The molecule has 2 heteroatoms. The summed E-state index contributed by atoms with van der Waals surface area (Å²) >= 11 is 0. The van der Waals surface area contributed by atoms with E-state index in [1.54, 1.807) is 0 Å². The predicted molar refractivity (Wildman–Crippen MR) is 87.9 cm³/mol. The second-order valence-corrected chi connectivity index (χ2v) is 5.38. The normalized spacial score (nSPS) is 15.3. The Bertz CT molecular complexity index is 669. The molecule has 0 unspecified atom stereocenters. The average Bonchev–Trinajstić information content (AvgIpc) is 2.53. The highest BCUT2D eigenvalue weighted by atomic mass is 16.3. The van der Waals surface area contributed by atoms with Crippen LogP contribution in [0.4, 0.5) is 0 Å². The fourth-order valence-corrected chi connectivity index (χ4v) is 1.67. The Morgan fingerprint density at radius 2 is 0.955 bits per heavy atom. The SMILES string of the molecule is C[C@@](O)(C#Cc1ccccc1)[C@](C)(O)C#Cc1ccccc1. The van der Waals surface area contributed by atoms with Crippen molar-refractivity contribution in [3.05, 3.63) is 71.8 Å². The summed E-state index contributed by atoms with van der Waals surface area (Å²) in [6.45, 7) is 2.92. The van der Waals surface area contributed by atoms with E-state index in [4.69, 9.17) is 0 Å². The summed E-state index contributed by atoms with van der Waals surface area (Å²) in [5.74, 6) is 11.1. The molecule has 2 nitrogen and oxygen atoms in total. The van der Waals surface area contributed by atoms with Crippen LogP contribution in [-0.4, -0.2) is 21.4 Å². The molecule has 0 spiro atoms. The molecule has 0 aliphatic heterocycles. The first-order valence-electron chi connectivity index (χ1n) is 7.02. The highest BCUT2D eigenvalue weighted by Gasteiger charge is 2.39. The highest BCUT2D eigenvalue weighted by molar-refractivity contribution is 5.41. The topological polar surface area (TPSA) is 40.5 Å². The summed E-state index contributed by atoms with van der Waals surface area (Å²) in [4.78, 5) is 0. The molecule has 2 rings (SSSR count). The Kier molecular flexibility index (Phi) is 4.68. The molecular weight excluding hydrogens is 272 g/mol. The smallest absolute Gasteiger partial charge is 0.162 e. The summed E-state index contributed by atoms with van der Waals surface area (Å²) in [5, 5.41) is 20.9. The summed E-state index contributed by atoms with van der Waals surface area (Å²) < 4.78 is 0. The van der Waals surface area contributed by atoms with Gasteiger partial charge in [0.25, 0.3) is 0 Å². The van der Waals surface area contributed by atoms with E-state index in [1.165, 1.54) is 13.8 Å². The summed E-state index contributed by atoms with van der Waals surface area (Å²) in [7, 11) is 0. The van der Waals surface area contributed by atoms with Crippen molar-refractivity contribution in [2.45, 2.75) is 25.0 Å². The Balaban J connectivity index is 2.24. The van der Waals surface area contributed by atoms with E-state index in [2.05, 4.69) is 23.7 Å². The van der Waals surface area contributed by atoms with Gasteiger partial charge < -0.3 is 10.2 Å². The van der Waals surface area contributed by atoms with E-state index in [1.807, 2.05) is 60.7 Å². The van der Waals surface area contributed by atoms with Crippen LogP contribution < -0.4 is 0 Å². The lowest BCUT2D eigenvalue weighted by atomic mass is 9.86. The predicted octanol–water partition coefficient (Wildman–Crippen LogP) is 2.59. The van der Waals surface area contributed by atoms with E-state index in [-0.39, 0.29) is 0 Å². The number of hydrogen-bond donors (Lipinski definition) is 2. The van der Waals surface area contributed by atoms with Gasteiger partial charge in [-0.1, -0.05) is 60.1 Å². The van der Waals surface area contributed by atoms with Gasteiger partial charge in [0.2, 0.25) is 0 Å². The van der Waals surface area contributed by atoms with Gasteiger partial charge >= 0.3 is 0 Å². The zero-order chi connectivity index (χ0) is 16.1. The number of benzene rings is 2. The third kappa shape index (κ3) is 3.99. The molecule has 110 valence electrons. The molecule has 0 bridgehead atoms. The van der Waals surface area contributed by atoms with Crippen molar-refractivity contribution >= 4 is 0 Å². The Hall–Kier alpha value is -2.52. The van der Waals surface area contributed by atoms with E-state index < -0.39 is 11.2 Å². The van der Waals surface area contributed by atoms with E-state index in [9.17, 15) is 10.2 Å². The lowest BCUT2D eigenvalue weighted by Crippen LogP contribution is -2.48. The molecule has 0 fully saturated rings. The van der Waals surface area contributed by atoms with Crippen molar-refractivity contribution in [1.29, 1.82) is 0 Å². The monoisotopic (exact) mass is 290 g/mol. The molecule has 0 radical (unpaired) electrons. The van der Waals surface area contributed by atoms with Crippen LogP contribution in [0.15, 0.2) is 60.7 Å². The van der Waals surface area contributed by atoms with E-state index in [0.717, 1.165) is 11.1 Å². The molecule has 0 saturated carbocycles. The maximum absolute atomic E-state index is 10.5. The second kappa shape index (κ2) is 6.50. The van der Waals surface area contributed by atoms with Gasteiger partial charge in [0.15, 0.2) is 11.2 Å². The fraction of sp³-hybridized carbons (Fsp3) is 0.200. The molecule has 0 saturated heterocycles. The lowest BCUT2D eigenvalue weighted by molar-refractivity contribution is -0.0552. The van der Waals surface area contributed by atoms with Crippen molar-refractivity contribution in [3.63, 3.8) is 0 Å². The molecule has 0 aliphatic rings. The lowest BCUT2D eigenvalue weighted by Gasteiger charge is -2.29. The van der Waals surface area contributed by atoms with Crippen molar-refractivity contribution < 1.29 is 10.2 Å². The van der Waals surface area contributed by atoms with Gasteiger partial charge in [-0.3, -0.25) is 0 Å². The molecule has 2 N–H and O–H groups in total. The molecule has 22 heavy (non-hydrogen) atoms. The Labute approximate surface area is 131 Å². The minimum Gasteiger partial charge on any atom is -0.374 e. The molecule has 0 heterocycles. The second-order valence-electron chi connectivity index (χ2n) is 5.38. The minimum atomic E-state index is -1.65.